The van der Waals surface area contributed by atoms with Gasteiger partial charge in [-0.05, 0) is 24.5 Å². The fourth-order valence-electron chi connectivity index (χ4n) is 2.95. The van der Waals surface area contributed by atoms with E-state index < -0.39 is 38.1 Å². The van der Waals surface area contributed by atoms with Crippen molar-refractivity contribution in [2.24, 2.45) is 11.7 Å². The van der Waals surface area contributed by atoms with Crippen molar-refractivity contribution in [3.63, 3.8) is 0 Å². The minimum Gasteiger partial charge on any atom is -0.480 e. The molecular formula is C21H27N2O5P. The molecule has 7 nitrogen and oxygen atoms in total. The zero-order chi connectivity index (χ0) is 21.2. The summed E-state index contributed by atoms with van der Waals surface area (Å²) in [6.45, 7) is 1.56. The van der Waals surface area contributed by atoms with Crippen LogP contribution in [0.25, 0.3) is 0 Å². The Balaban J connectivity index is 2.12. The van der Waals surface area contributed by atoms with Gasteiger partial charge in [0.05, 0.1) is 5.92 Å². The molecule has 0 spiro atoms. The molecule has 2 aromatic rings. The van der Waals surface area contributed by atoms with E-state index in [1.807, 2.05) is 48.5 Å². The molecule has 0 bridgehead atoms. The molecule has 0 aromatic heterocycles. The van der Waals surface area contributed by atoms with Gasteiger partial charge in [-0.25, -0.2) is 4.79 Å². The van der Waals surface area contributed by atoms with E-state index >= 15 is 0 Å². The van der Waals surface area contributed by atoms with Gasteiger partial charge in [0.2, 0.25) is 5.91 Å². The monoisotopic (exact) mass is 418 g/mol. The molecule has 0 aliphatic heterocycles. The Morgan fingerprint density at radius 2 is 1.55 bits per heavy atom. The molecule has 1 amide bonds. The highest BCUT2D eigenvalue weighted by atomic mass is 31.1. The molecule has 0 aliphatic rings. The summed E-state index contributed by atoms with van der Waals surface area (Å²) in [4.78, 5) is 24.6. The second-order valence-corrected chi connectivity index (χ2v) is 8.26. The molecule has 0 saturated carbocycles. The number of carbonyl (C=O) groups is 2. The van der Waals surface area contributed by atoms with Crippen molar-refractivity contribution >= 4 is 19.9 Å². The van der Waals surface area contributed by atoms with Crippen LogP contribution in [0.2, 0.25) is 0 Å². The number of nitrogens with one attached hydrogen (secondary N) is 1. The molecule has 3 unspecified atom stereocenters. The SMILES string of the molecule is CC(N)O[PH](=O)CC(Cc1ccccc1)C(=O)N[C@@H](Cc1ccccc1)C(=O)O. The van der Waals surface area contributed by atoms with E-state index in [9.17, 15) is 19.3 Å². The van der Waals surface area contributed by atoms with E-state index in [4.69, 9.17) is 10.3 Å². The number of benzene rings is 2. The highest BCUT2D eigenvalue weighted by Crippen LogP contribution is 2.28. The minimum absolute atomic E-state index is 0.00932. The summed E-state index contributed by atoms with van der Waals surface area (Å²) in [7, 11) is -2.55. The standard InChI is InChI=1S/C21H27N2O5P/c1-15(22)28-29(27)14-18(12-16-8-4-2-5-9-16)20(24)23-19(21(25)26)13-17-10-6-3-7-11-17/h2-11,15,18-19,29H,12-14,22H2,1H3,(H,23,24)(H,25,26)/t15?,18?,19-/m0/s1. The van der Waals surface area contributed by atoms with E-state index in [0.717, 1.165) is 11.1 Å². The smallest absolute Gasteiger partial charge is 0.326 e. The van der Waals surface area contributed by atoms with E-state index in [0.29, 0.717) is 6.42 Å². The molecule has 4 N–H and O–H groups in total. The predicted octanol–water partition coefficient (Wildman–Crippen LogP) is 2.45. The van der Waals surface area contributed by atoms with Crippen LogP contribution in [-0.4, -0.2) is 35.4 Å². The number of hydrogen-bond acceptors (Lipinski definition) is 5. The number of carboxylic acids is 1. The van der Waals surface area contributed by atoms with Crippen LogP contribution in [0.15, 0.2) is 60.7 Å². The number of amides is 1. The van der Waals surface area contributed by atoms with Crippen LogP contribution in [0, 0.1) is 5.92 Å². The molecule has 0 fully saturated rings. The molecule has 2 rings (SSSR count). The molecule has 8 heteroatoms. The molecular weight excluding hydrogens is 391 g/mol. The largest absolute Gasteiger partial charge is 0.480 e. The van der Waals surface area contributed by atoms with Crippen molar-refractivity contribution in [2.45, 2.75) is 32.0 Å². The number of rotatable bonds is 11. The molecule has 4 atom stereocenters. The van der Waals surface area contributed by atoms with Crippen molar-refractivity contribution in [3.8, 4) is 0 Å². The van der Waals surface area contributed by atoms with Gasteiger partial charge in [0.1, 0.15) is 12.3 Å². The quantitative estimate of drug-likeness (QED) is 0.381. The maximum absolute atomic E-state index is 12.9. The summed E-state index contributed by atoms with van der Waals surface area (Å²) in [5, 5.41) is 12.1. The Hall–Kier alpha value is -2.47. The van der Waals surface area contributed by atoms with E-state index in [2.05, 4.69) is 5.32 Å². The van der Waals surface area contributed by atoms with Crippen molar-refractivity contribution in [1.29, 1.82) is 0 Å². The van der Waals surface area contributed by atoms with Gasteiger partial charge in [-0.15, -0.1) is 0 Å². The van der Waals surface area contributed by atoms with Crippen LogP contribution in [0.1, 0.15) is 18.1 Å². The van der Waals surface area contributed by atoms with E-state index in [1.54, 1.807) is 19.1 Å². The summed E-state index contributed by atoms with van der Waals surface area (Å²) in [5.41, 5.74) is 7.22. The van der Waals surface area contributed by atoms with Gasteiger partial charge >= 0.3 is 5.97 Å². The number of hydrogen-bond donors (Lipinski definition) is 3. The molecule has 2 aromatic carbocycles. The van der Waals surface area contributed by atoms with Gasteiger partial charge in [0.25, 0.3) is 0 Å². The molecule has 156 valence electrons. The summed E-state index contributed by atoms with van der Waals surface area (Å²) < 4.78 is 17.4. The Morgan fingerprint density at radius 3 is 2.03 bits per heavy atom. The average Bonchev–Trinajstić information content (AvgIpc) is 2.67. The maximum Gasteiger partial charge on any atom is 0.326 e. The first-order valence-corrected chi connectivity index (χ1v) is 10.9. The second kappa shape index (κ2) is 11.5. The van der Waals surface area contributed by atoms with Crippen LogP contribution >= 0.6 is 8.03 Å². The fraction of sp³-hybridized carbons (Fsp3) is 0.333. The van der Waals surface area contributed by atoms with Crippen molar-refractivity contribution < 1.29 is 23.8 Å². The topological polar surface area (TPSA) is 119 Å². The normalized spacial score (nSPS) is 15.1. The lowest BCUT2D eigenvalue weighted by molar-refractivity contribution is -0.142. The van der Waals surface area contributed by atoms with Crippen molar-refractivity contribution in [3.05, 3.63) is 71.8 Å². The summed E-state index contributed by atoms with van der Waals surface area (Å²) in [5.74, 6) is -2.29. The van der Waals surface area contributed by atoms with Gasteiger partial charge in [-0.3, -0.25) is 9.36 Å². The minimum atomic E-state index is -2.55. The van der Waals surface area contributed by atoms with Crippen LogP contribution in [0.5, 0.6) is 0 Å². The average molecular weight is 418 g/mol. The zero-order valence-electron chi connectivity index (χ0n) is 16.3. The second-order valence-electron chi connectivity index (χ2n) is 6.87. The maximum atomic E-state index is 12.9. The van der Waals surface area contributed by atoms with Gasteiger partial charge < -0.3 is 20.7 Å². The molecule has 0 heterocycles. The fourth-order valence-corrected chi connectivity index (χ4v) is 4.20. The predicted molar refractivity (Wildman–Crippen MR) is 112 cm³/mol. The zero-order valence-corrected chi connectivity index (χ0v) is 17.3. The van der Waals surface area contributed by atoms with Gasteiger partial charge in [-0.2, -0.15) is 0 Å². The van der Waals surface area contributed by atoms with Gasteiger partial charge in [0, 0.05) is 12.6 Å². The molecule has 0 radical (unpaired) electrons. The highest BCUT2D eigenvalue weighted by Gasteiger charge is 2.27. The van der Waals surface area contributed by atoms with E-state index in [1.165, 1.54) is 0 Å². The Kier molecular flexibility index (Phi) is 9.06. The molecule has 0 aliphatic carbocycles. The lowest BCUT2D eigenvalue weighted by Crippen LogP contribution is -2.46. The van der Waals surface area contributed by atoms with E-state index in [-0.39, 0.29) is 12.6 Å². The van der Waals surface area contributed by atoms with Crippen LogP contribution in [0.3, 0.4) is 0 Å². The Morgan fingerprint density at radius 1 is 1.03 bits per heavy atom. The first-order valence-electron chi connectivity index (χ1n) is 9.41. The van der Waals surface area contributed by atoms with Crippen LogP contribution in [0.4, 0.5) is 0 Å². The number of carbonyl (C=O) groups excluding carboxylic acids is 1. The Bertz CT molecular complexity index is 814. The summed E-state index contributed by atoms with van der Waals surface area (Å²) in [6.07, 6.45) is -0.231. The number of carboxylic acid groups (broad SMARTS) is 1. The third-order valence-electron chi connectivity index (χ3n) is 4.32. The lowest BCUT2D eigenvalue weighted by atomic mass is 9.99. The van der Waals surface area contributed by atoms with Gasteiger partial charge in [-0.1, -0.05) is 60.7 Å². The molecule has 29 heavy (non-hydrogen) atoms. The lowest BCUT2D eigenvalue weighted by Gasteiger charge is -2.21. The van der Waals surface area contributed by atoms with Crippen molar-refractivity contribution in [1.82, 2.24) is 5.32 Å². The summed E-state index contributed by atoms with van der Waals surface area (Å²) >= 11 is 0. The van der Waals surface area contributed by atoms with Gasteiger partial charge in [0.15, 0.2) is 8.03 Å². The van der Waals surface area contributed by atoms with Crippen LogP contribution in [-0.2, 0) is 31.5 Å². The summed E-state index contributed by atoms with van der Waals surface area (Å²) in [6, 6.07) is 17.3. The number of aliphatic carboxylic acids is 1. The highest BCUT2D eigenvalue weighted by molar-refractivity contribution is 7.39. The van der Waals surface area contributed by atoms with Crippen LogP contribution < -0.4 is 11.1 Å². The third kappa shape index (κ3) is 8.20. The Labute approximate surface area is 171 Å². The first kappa shape index (κ1) is 22.8. The van der Waals surface area contributed by atoms with Crippen molar-refractivity contribution in [2.75, 3.05) is 6.16 Å². The number of nitrogens with two attached hydrogens (primary N) is 1. The first-order chi connectivity index (χ1) is 13.8. The molecule has 0 saturated heterocycles. The third-order valence-corrected chi connectivity index (χ3v) is 5.78.